The predicted octanol–water partition coefficient (Wildman–Crippen LogP) is 3.61. The number of aromatic nitrogens is 2. The van der Waals surface area contributed by atoms with Crippen LogP contribution in [0.3, 0.4) is 0 Å². The van der Waals surface area contributed by atoms with Gasteiger partial charge in [0, 0.05) is 38.5 Å². The van der Waals surface area contributed by atoms with E-state index in [1.807, 2.05) is 32.7 Å². The first-order valence-electron chi connectivity index (χ1n) is 10.8. The van der Waals surface area contributed by atoms with Gasteiger partial charge in [0.1, 0.15) is 5.60 Å². The zero-order valence-corrected chi connectivity index (χ0v) is 20.2. The lowest BCUT2D eigenvalue weighted by Crippen LogP contribution is -2.42. The molecule has 0 spiro atoms. The lowest BCUT2D eigenvalue weighted by molar-refractivity contribution is 0.0182. The van der Waals surface area contributed by atoms with Crippen molar-refractivity contribution in [3.8, 4) is 11.4 Å². The van der Waals surface area contributed by atoms with Gasteiger partial charge < -0.3 is 19.1 Å². The van der Waals surface area contributed by atoms with Crippen LogP contribution in [0.5, 0.6) is 0 Å². The van der Waals surface area contributed by atoms with Crippen LogP contribution in [-0.4, -0.2) is 68.1 Å². The van der Waals surface area contributed by atoms with Gasteiger partial charge in [0.2, 0.25) is 5.82 Å². The Morgan fingerprint density at radius 1 is 1.22 bits per heavy atom. The average molecular weight is 465 g/mol. The lowest BCUT2D eigenvalue weighted by Gasteiger charge is -2.33. The molecule has 1 fully saturated rings. The summed E-state index contributed by atoms with van der Waals surface area (Å²) in [7, 11) is -1.34. The molecule has 9 nitrogen and oxygen atoms in total. The van der Waals surface area contributed by atoms with Crippen molar-refractivity contribution in [3.63, 3.8) is 0 Å². The molecule has 0 atom stereocenters. The molecule has 0 bridgehead atoms. The van der Waals surface area contributed by atoms with Crippen molar-refractivity contribution in [2.75, 3.05) is 37.8 Å². The topological polar surface area (TPSA) is 106 Å². The summed E-state index contributed by atoms with van der Waals surface area (Å²) in [6.45, 7) is 7.80. The van der Waals surface area contributed by atoms with Crippen molar-refractivity contribution in [1.82, 2.24) is 15.0 Å². The first-order valence-corrected chi connectivity index (χ1v) is 12.6. The Bertz CT molecular complexity index is 1020. The molecule has 2 heterocycles. The molecule has 3 rings (SSSR count). The van der Waals surface area contributed by atoms with Gasteiger partial charge in [-0.15, -0.1) is 0 Å². The monoisotopic (exact) mass is 464 g/mol. The van der Waals surface area contributed by atoms with E-state index >= 15 is 0 Å². The van der Waals surface area contributed by atoms with E-state index in [9.17, 15) is 13.2 Å². The molecule has 0 saturated carbocycles. The van der Waals surface area contributed by atoms with Crippen molar-refractivity contribution < 1.29 is 22.5 Å². The molecule has 0 unspecified atom stereocenters. The quantitative estimate of drug-likeness (QED) is 0.638. The molecule has 0 aliphatic carbocycles. The fourth-order valence-electron chi connectivity index (χ4n) is 3.54. The molecule has 176 valence electrons. The summed E-state index contributed by atoms with van der Waals surface area (Å²) in [5.41, 5.74) is 0.213. The van der Waals surface area contributed by atoms with Crippen molar-refractivity contribution >= 4 is 21.9 Å². The number of ether oxygens (including phenoxy) is 1. The predicted molar refractivity (Wildman–Crippen MR) is 121 cm³/mol. The van der Waals surface area contributed by atoms with Crippen LogP contribution in [0.1, 0.15) is 40.0 Å². The van der Waals surface area contributed by atoms with Crippen LogP contribution in [0.4, 0.5) is 10.8 Å². The Morgan fingerprint density at radius 3 is 2.41 bits per heavy atom. The first kappa shape index (κ1) is 24.0. The van der Waals surface area contributed by atoms with E-state index in [2.05, 4.69) is 10.1 Å². The van der Waals surface area contributed by atoms with Gasteiger partial charge in [0.25, 0.3) is 0 Å². The summed E-state index contributed by atoms with van der Waals surface area (Å²) in [5, 5.41) is 4.02. The molecule has 10 heteroatoms. The number of carbonyl (C=O) groups excluding carboxylic acids is 1. The Hall–Kier alpha value is -2.62. The maximum Gasteiger partial charge on any atom is 0.410 e. The van der Waals surface area contributed by atoms with Crippen molar-refractivity contribution in [2.45, 2.75) is 50.5 Å². The van der Waals surface area contributed by atoms with Crippen molar-refractivity contribution in [3.05, 3.63) is 24.3 Å². The van der Waals surface area contributed by atoms with Crippen molar-refractivity contribution in [2.24, 2.45) is 5.92 Å². The molecular weight excluding hydrogens is 432 g/mol. The number of carbonyl (C=O) groups is 1. The third-order valence-electron chi connectivity index (χ3n) is 5.42. The van der Waals surface area contributed by atoms with E-state index in [1.54, 1.807) is 17.0 Å². The molecule has 2 aromatic rings. The number of piperidine rings is 1. The fraction of sp³-hybridized carbons (Fsp3) is 0.591. The molecular formula is C22H32N4O5S. The minimum Gasteiger partial charge on any atom is -0.444 e. The zero-order valence-electron chi connectivity index (χ0n) is 19.4. The highest BCUT2D eigenvalue weighted by atomic mass is 32.2. The first-order chi connectivity index (χ1) is 14.9. The van der Waals surface area contributed by atoms with Crippen LogP contribution in [0.25, 0.3) is 11.4 Å². The third-order valence-corrected chi connectivity index (χ3v) is 6.55. The Labute approximate surface area is 189 Å². The number of anilines is 1. The smallest absolute Gasteiger partial charge is 0.410 e. The summed E-state index contributed by atoms with van der Waals surface area (Å²) in [5.74, 6) is 0.930. The average Bonchev–Trinajstić information content (AvgIpc) is 3.21. The number of likely N-dealkylation sites (tertiary alicyclic amines) is 1. The van der Waals surface area contributed by atoms with E-state index in [1.165, 1.54) is 18.4 Å². The molecule has 1 aliphatic heterocycles. The van der Waals surface area contributed by atoms with Gasteiger partial charge in [-0.25, -0.2) is 13.2 Å². The summed E-state index contributed by atoms with van der Waals surface area (Å²) < 4.78 is 34.0. The number of sulfone groups is 1. The van der Waals surface area contributed by atoms with Crippen LogP contribution in [0.15, 0.2) is 33.7 Å². The lowest BCUT2D eigenvalue weighted by atomic mass is 9.93. The summed E-state index contributed by atoms with van der Waals surface area (Å²) in [4.78, 5) is 20.6. The van der Waals surface area contributed by atoms with Gasteiger partial charge in [-0.05, 0) is 70.2 Å². The zero-order chi connectivity index (χ0) is 23.5. The maximum atomic E-state index is 12.2. The standard InChI is InChI=1S/C22H32N4O5S/c1-22(2,3)30-21(27)26-14-11-16(12-15-26)10-13-25(4)20-23-19(24-31-20)17-6-8-18(9-7-17)32(5,28)29/h6-9,16H,10-15H2,1-5H3. The van der Waals surface area contributed by atoms with Crippen LogP contribution in [0, 0.1) is 5.92 Å². The molecule has 32 heavy (non-hydrogen) atoms. The number of rotatable bonds is 6. The molecule has 1 saturated heterocycles. The van der Waals surface area contributed by atoms with Gasteiger partial charge in [-0.1, -0.05) is 5.16 Å². The highest BCUT2D eigenvalue weighted by Crippen LogP contribution is 2.25. The van der Waals surface area contributed by atoms with Gasteiger partial charge in [-0.2, -0.15) is 4.98 Å². The number of amides is 1. The second kappa shape index (κ2) is 9.48. The van der Waals surface area contributed by atoms with Crippen LogP contribution >= 0.6 is 0 Å². The minimum atomic E-state index is -3.25. The van der Waals surface area contributed by atoms with E-state index in [0.717, 1.165) is 25.8 Å². The Kier molecular flexibility index (Phi) is 7.12. The Morgan fingerprint density at radius 2 is 1.84 bits per heavy atom. The fourth-order valence-corrected chi connectivity index (χ4v) is 4.17. The van der Waals surface area contributed by atoms with Crippen LogP contribution in [0.2, 0.25) is 0 Å². The van der Waals surface area contributed by atoms with Gasteiger partial charge in [0.05, 0.1) is 4.90 Å². The Balaban J connectivity index is 1.49. The molecule has 1 aromatic carbocycles. The SMILES string of the molecule is CN(CCC1CCN(C(=O)OC(C)(C)C)CC1)c1nc(-c2ccc(S(C)(=O)=O)cc2)no1. The van der Waals surface area contributed by atoms with Crippen LogP contribution in [-0.2, 0) is 14.6 Å². The molecule has 0 radical (unpaired) electrons. The normalized spacial score (nSPS) is 15.6. The number of benzene rings is 1. The molecule has 1 aliphatic rings. The molecule has 1 amide bonds. The highest BCUT2D eigenvalue weighted by molar-refractivity contribution is 7.90. The largest absolute Gasteiger partial charge is 0.444 e. The highest BCUT2D eigenvalue weighted by Gasteiger charge is 2.27. The third kappa shape index (κ3) is 6.44. The molecule has 1 aromatic heterocycles. The summed E-state index contributed by atoms with van der Waals surface area (Å²) in [6.07, 6.45) is 3.77. The molecule has 0 N–H and O–H groups in total. The van der Waals surface area contributed by atoms with E-state index < -0.39 is 15.4 Å². The number of nitrogens with zero attached hydrogens (tertiary/aromatic N) is 4. The second-order valence-electron chi connectivity index (χ2n) is 9.32. The second-order valence-corrected chi connectivity index (χ2v) is 11.3. The van der Waals surface area contributed by atoms with Gasteiger partial charge in [0.15, 0.2) is 9.84 Å². The van der Waals surface area contributed by atoms with E-state index in [-0.39, 0.29) is 11.0 Å². The van der Waals surface area contributed by atoms with Gasteiger partial charge >= 0.3 is 12.1 Å². The van der Waals surface area contributed by atoms with Gasteiger partial charge in [-0.3, -0.25) is 0 Å². The number of hydrogen-bond acceptors (Lipinski definition) is 8. The summed E-state index contributed by atoms with van der Waals surface area (Å²) >= 11 is 0. The minimum absolute atomic E-state index is 0.240. The maximum absolute atomic E-state index is 12.2. The van der Waals surface area contributed by atoms with Crippen molar-refractivity contribution in [1.29, 1.82) is 0 Å². The van der Waals surface area contributed by atoms with E-state index in [4.69, 9.17) is 9.26 Å². The number of hydrogen-bond donors (Lipinski definition) is 0. The van der Waals surface area contributed by atoms with Crippen LogP contribution < -0.4 is 4.90 Å². The summed E-state index contributed by atoms with van der Waals surface area (Å²) in [6, 6.07) is 6.83. The van der Waals surface area contributed by atoms with E-state index in [0.29, 0.717) is 36.4 Å².